The molecular weight excluding hydrogens is 458 g/mol. The Labute approximate surface area is 207 Å². The number of hydrogen-bond acceptors (Lipinski definition) is 4. The van der Waals surface area contributed by atoms with Crippen molar-refractivity contribution < 1.29 is 4.39 Å². The average molecular weight is 491 g/mol. The molecule has 33 heavy (non-hydrogen) atoms. The zero-order valence-corrected chi connectivity index (χ0v) is 21.3. The van der Waals surface area contributed by atoms with Gasteiger partial charge in [-0.25, -0.2) is 9.37 Å². The number of benzene rings is 2. The number of aromatic nitrogens is 1. The zero-order chi connectivity index (χ0) is 22.9. The van der Waals surface area contributed by atoms with Crippen molar-refractivity contribution in [2.45, 2.75) is 58.7 Å². The third kappa shape index (κ3) is 6.28. The van der Waals surface area contributed by atoms with Crippen molar-refractivity contribution in [3.05, 3.63) is 64.4 Å². The minimum absolute atomic E-state index is 0. The number of rotatable bonds is 5. The fraction of sp³-hybridized carbons (Fsp3) is 0.423. The van der Waals surface area contributed by atoms with Gasteiger partial charge in [0.25, 0.3) is 0 Å². The molecule has 0 bridgehead atoms. The highest BCUT2D eigenvalue weighted by Crippen LogP contribution is 2.33. The second kappa shape index (κ2) is 10.5. The van der Waals surface area contributed by atoms with Crippen molar-refractivity contribution in [1.29, 1.82) is 0 Å². The van der Waals surface area contributed by atoms with Gasteiger partial charge in [0, 0.05) is 53.4 Å². The van der Waals surface area contributed by atoms with Gasteiger partial charge in [0.05, 0.1) is 0 Å². The van der Waals surface area contributed by atoms with Crippen molar-refractivity contribution in [2.75, 3.05) is 23.3 Å². The lowest BCUT2D eigenvalue weighted by molar-refractivity contribution is 0.317. The largest absolute Gasteiger partial charge is 0.371 e. The first-order valence-electron chi connectivity index (χ1n) is 11.3. The second-order valence-electron chi connectivity index (χ2n) is 9.75. The Morgan fingerprint density at radius 3 is 2.39 bits per heavy atom. The number of aryl methyl sites for hydroxylation is 1. The molecule has 0 atom stereocenters. The fourth-order valence-electron chi connectivity index (χ4n) is 4.37. The zero-order valence-electron chi connectivity index (χ0n) is 19.7. The number of anilines is 2. The van der Waals surface area contributed by atoms with Crippen LogP contribution in [-0.4, -0.2) is 29.7 Å². The molecule has 1 fully saturated rings. The van der Waals surface area contributed by atoms with Crippen LogP contribution in [0, 0.1) is 12.7 Å². The van der Waals surface area contributed by atoms with Gasteiger partial charge in [0.1, 0.15) is 11.3 Å². The van der Waals surface area contributed by atoms with Gasteiger partial charge in [0.15, 0.2) is 5.82 Å². The Kier molecular flexibility index (Phi) is 8.09. The van der Waals surface area contributed by atoms with Crippen molar-refractivity contribution in [2.24, 2.45) is 0 Å². The highest BCUT2D eigenvalue weighted by Gasteiger charge is 2.25. The lowest BCUT2D eigenvalue weighted by atomic mass is 9.99. The normalized spacial score (nSPS) is 14.9. The fourth-order valence-corrected chi connectivity index (χ4v) is 4.49. The first-order chi connectivity index (χ1) is 15.2. The number of fused-ring (bicyclic) bond motifs is 1. The summed E-state index contributed by atoms with van der Waals surface area (Å²) in [5.74, 6) is 0.435. The molecule has 1 saturated heterocycles. The maximum atomic E-state index is 15.0. The first-order valence-corrected chi connectivity index (χ1v) is 11.7. The molecule has 4 nitrogen and oxygen atoms in total. The molecule has 0 spiro atoms. The Hall–Kier alpha value is -2.08. The summed E-state index contributed by atoms with van der Waals surface area (Å²) in [7, 11) is 0. The lowest BCUT2D eigenvalue weighted by Gasteiger charge is -2.37. The predicted molar refractivity (Wildman–Crippen MR) is 141 cm³/mol. The van der Waals surface area contributed by atoms with E-state index in [2.05, 4.69) is 47.4 Å². The van der Waals surface area contributed by atoms with Crippen molar-refractivity contribution in [3.8, 4) is 0 Å². The molecule has 0 radical (unpaired) electrons. The summed E-state index contributed by atoms with van der Waals surface area (Å²) in [5, 5.41) is 8.67. The summed E-state index contributed by atoms with van der Waals surface area (Å²) < 4.78 is 15.0. The first kappa shape index (κ1) is 25.5. The van der Waals surface area contributed by atoms with Crippen LogP contribution in [-0.2, 0) is 6.54 Å². The molecule has 0 amide bonds. The van der Waals surface area contributed by atoms with Crippen LogP contribution in [0.15, 0.2) is 42.5 Å². The van der Waals surface area contributed by atoms with Gasteiger partial charge in [0.2, 0.25) is 0 Å². The van der Waals surface area contributed by atoms with Gasteiger partial charge >= 0.3 is 0 Å². The van der Waals surface area contributed by atoms with Gasteiger partial charge in [-0.3, -0.25) is 0 Å². The molecular formula is C26H33Cl2FN4. The maximum absolute atomic E-state index is 15.0. The molecule has 0 aliphatic carbocycles. The SMILES string of the molecule is Cc1ccc2c(N3CCC(NC(C)(C)C)CC3)cc(NCc3ccc(Cl)cc3)nc2c1F.Cl. The number of halogens is 3. The van der Waals surface area contributed by atoms with Gasteiger partial charge in [-0.05, 0) is 63.8 Å². The van der Waals surface area contributed by atoms with Gasteiger partial charge in [-0.1, -0.05) is 35.9 Å². The number of nitrogens with zero attached hydrogens (tertiary/aromatic N) is 2. The molecule has 2 aromatic carbocycles. The molecule has 7 heteroatoms. The molecule has 3 aromatic rings. The summed E-state index contributed by atoms with van der Waals surface area (Å²) in [4.78, 5) is 7.00. The van der Waals surface area contributed by atoms with Crippen LogP contribution >= 0.6 is 24.0 Å². The predicted octanol–water partition coefficient (Wildman–Crippen LogP) is 6.73. The molecule has 2 N–H and O–H groups in total. The van der Waals surface area contributed by atoms with Crippen LogP contribution in [0.3, 0.4) is 0 Å². The summed E-state index contributed by atoms with van der Waals surface area (Å²) in [6.45, 7) is 10.9. The summed E-state index contributed by atoms with van der Waals surface area (Å²) in [5.41, 5.74) is 3.28. The lowest BCUT2D eigenvalue weighted by Crippen LogP contribution is -2.49. The molecule has 178 valence electrons. The van der Waals surface area contributed by atoms with Crippen LogP contribution in [0.2, 0.25) is 5.02 Å². The highest BCUT2D eigenvalue weighted by atomic mass is 35.5. The highest BCUT2D eigenvalue weighted by molar-refractivity contribution is 6.30. The molecule has 2 heterocycles. The molecule has 0 saturated carbocycles. The molecule has 0 unspecified atom stereocenters. The van der Waals surface area contributed by atoms with Crippen LogP contribution < -0.4 is 15.5 Å². The van der Waals surface area contributed by atoms with E-state index in [0.717, 1.165) is 42.6 Å². The van der Waals surface area contributed by atoms with Crippen LogP contribution in [0.1, 0.15) is 44.7 Å². The summed E-state index contributed by atoms with van der Waals surface area (Å²) in [6, 6.07) is 14.1. The van der Waals surface area contributed by atoms with Gasteiger partial charge in [-0.15, -0.1) is 12.4 Å². The third-order valence-corrected chi connectivity index (χ3v) is 6.20. The van der Waals surface area contributed by atoms with Crippen molar-refractivity contribution >= 4 is 46.4 Å². The maximum Gasteiger partial charge on any atom is 0.152 e. The number of nitrogens with one attached hydrogen (secondary N) is 2. The smallest absolute Gasteiger partial charge is 0.152 e. The van der Waals surface area contributed by atoms with E-state index < -0.39 is 0 Å². The van der Waals surface area contributed by atoms with E-state index in [4.69, 9.17) is 11.6 Å². The number of hydrogen-bond donors (Lipinski definition) is 2. The summed E-state index contributed by atoms with van der Waals surface area (Å²) >= 11 is 5.99. The van der Waals surface area contributed by atoms with Gasteiger partial charge in [-0.2, -0.15) is 0 Å². The Balaban J connectivity index is 0.00000306. The second-order valence-corrected chi connectivity index (χ2v) is 10.2. The van der Waals surface area contributed by atoms with E-state index in [1.54, 1.807) is 6.92 Å². The monoisotopic (exact) mass is 490 g/mol. The van der Waals surface area contributed by atoms with Crippen molar-refractivity contribution in [1.82, 2.24) is 10.3 Å². The minimum Gasteiger partial charge on any atom is -0.371 e. The van der Waals surface area contributed by atoms with Gasteiger partial charge < -0.3 is 15.5 Å². The van der Waals surface area contributed by atoms with E-state index in [9.17, 15) is 0 Å². The third-order valence-electron chi connectivity index (χ3n) is 5.95. The van der Waals surface area contributed by atoms with Crippen LogP contribution in [0.5, 0.6) is 0 Å². The number of pyridine rings is 1. The van der Waals surface area contributed by atoms with Crippen LogP contribution in [0.4, 0.5) is 15.9 Å². The Bertz CT molecular complexity index is 1090. The minimum atomic E-state index is -0.247. The molecule has 1 aromatic heterocycles. The molecule has 4 rings (SSSR count). The Morgan fingerprint density at radius 1 is 1.09 bits per heavy atom. The van der Waals surface area contributed by atoms with Crippen molar-refractivity contribution in [3.63, 3.8) is 0 Å². The van der Waals surface area contributed by atoms with E-state index in [1.165, 1.54) is 0 Å². The quantitative estimate of drug-likeness (QED) is 0.415. The topological polar surface area (TPSA) is 40.2 Å². The average Bonchev–Trinajstić information content (AvgIpc) is 2.75. The number of piperidine rings is 1. The standard InChI is InChI=1S/C26H32ClFN4.ClH/c1-17-5-10-21-22(32-13-11-20(12-14-32)31-26(2,3)4)15-23(30-25(21)24(17)28)29-16-18-6-8-19(27)9-7-18;/h5-10,15,20,31H,11-14,16H2,1-4H3,(H,29,30);1H. The molecule has 1 aliphatic heterocycles. The summed E-state index contributed by atoms with van der Waals surface area (Å²) in [6.07, 6.45) is 2.12. The van der Waals surface area contributed by atoms with E-state index in [-0.39, 0.29) is 23.8 Å². The van der Waals surface area contributed by atoms with E-state index in [1.807, 2.05) is 36.4 Å². The molecule has 1 aliphatic rings. The van der Waals surface area contributed by atoms with Crippen LogP contribution in [0.25, 0.3) is 10.9 Å². The Morgan fingerprint density at radius 2 is 1.76 bits per heavy atom. The van der Waals surface area contributed by atoms with E-state index in [0.29, 0.717) is 34.5 Å². The van der Waals surface area contributed by atoms with E-state index >= 15 is 4.39 Å².